The van der Waals surface area contributed by atoms with Crippen LogP contribution in [0.5, 0.6) is 0 Å². The first kappa shape index (κ1) is 19.1. The predicted molar refractivity (Wildman–Crippen MR) is 95.3 cm³/mol. The second-order valence-electron chi connectivity index (χ2n) is 7.71. The molecule has 0 heterocycles. The van der Waals surface area contributed by atoms with Crippen LogP contribution in [0.15, 0.2) is 29.2 Å². The number of carbonyl (C=O) groups is 1. The van der Waals surface area contributed by atoms with Crippen molar-refractivity contribution >= 4 is 16.8 Å². The minimum Gasteiger partial charge on any atom is -0.460 e. The summed E-state index contributed by atoms with van der Waals surface area (Å²) in [7, 11) is -1.34. The molecule has 3 atom stereocenters. The summed E-state index contributed by atoms with van der Waals surface area (Å²) in [6.45, 7) is 7.39. The molecule has 0 spiro atoms. The molecule has 24 heavy (non-hydrogen) atoms. The molecule has 4 nitrogen and oxygen atoms in total. The van der Waals surface area contributed by atoms with E-state index in [2.05, 4.69) is 0 Å². The first-order valence-corrected chi connectivity index (χ1v) is 9.73. The van der Waals surface area contributed by atoms with Crippen LogP contribution in [0, 0.1) is 6.92 Å². The third kappa shape index (κ3) is 4.90. The molecule has 0 saturated heterocycles. The van der Waals surface area contributed by atoms with E-state index in [9.17, 15) is 14.1 Å². The van der Waals surface area contributed by atoms with E-state index in [0.29, 0.717) is 17.7 Å². The zero-order valence-corrected chi connectivity index (χ0v) is 15.8. The maximum Gasteiger partial charge on any atom is 0.309 e. The lowest BCUT2D eigenvalue weighted by Crippen LogP contribution is -2.49. The lowest BCUT2D eigenvalue weighted by molar-refractivity contribution is -0.161. The van der Waals surface area contributed by atoms with Gasteiger partial charge in [-0.25, -0.2) is 0 Å². The van der Waals surface area contributed by atoms with E-state index in [-0.39, 0.29) is 6.42 Å². The smallest absolute Gasteiger partial charge is 0.309 e. The van der Waals surface area contributed by atoms with E-state index < -0.39 is 33.2 Å². The molecule has 0 unspecified atom stereocenters. The standard InChI is InChI=1S/C19H28O4S/c1-14-8-10-15(11-9-14)24(22)16-7-5-6-12-19(16,21)13-17(20)23-18(2,3)4/h8-11,16,21H,5-7,12-13H2,1-4H3/t16-,19+,24-/m0/s1. The number of aryl methyl sites for hydroxylation is 1. The van der Waals surface area contributed by atoms with Crippen molar-refractivity contribution in [1.29, 1.82) is 0 Å². The number of aliphatic hydroxyl groups is 1. The summed E-state index contributed by atoms with van der Waals surface area (Å²) in [4.78, 5) is 12.9. The molecule has 2 rings (SSSR count). The second-order valence-corrected chi connectivity index (χ2v) is 9.35. The zero-order chi connectivity index (χ0) is 18.0. The minimum atomic E-state index is -1.34. The van der Waals surface area contributed by atoms with Gasteiger partial charge in [-0.2, -0.15) is 0 Å². The topological polar surface area (TPSA) is 63.6 Å². The number of hydrogen-bond acceptors (Lipinski definition) is 4. The number of hydrogen-bond donors (Lipinski definition) is 1. The van der Waals surface area contributed by atoms with E-state index in [1.165, 1.54) is 0 Å². The number of esters is 1. The molecule has 5 heteroatoms. The Balaban J connectivity index is 2.18. The number of benzene rings is 1. The quantitative estimate of drug-likeness (QED) is 0.842. The Bertz CT molecular complexity index is 603. The van der Waals surface area contributed by atoms with Crippen molar-refractivity contribution in [3.05, 3.63) is 29.8 Å². The summed E-state index contributed by atoms with van der Waals surface area (Å²) in [5.41, 5.74) is -0.757. The van der Waals surface area contributed by atoms with Crippen LogP contribution >= 0.6 is 0 Å². The Morgan fingerprint density at radius 1 is 1.29 bits per heavy atom. The maximum atomic E-state index is 13.0. The minimum absolute atomic E-state index is 0.105. The van der Waals surface area contributed by atoms with Gasteiger partial charge in [-0.1, -0.05) is 30.5 Å². The Morgan fingerprint density at radius 2 is 1.92 bits per heavy atom. The van der Waals surface area contributed by atoms with Gasteiger partial charge < -0.3 is 9.84 Å². The molecular weight excluding hydrogens is 324 g/mol. The molecular formula is C19H28O4S. The van der Waals surface area contributed by atoms with Gasteiger partial charge >= 0.3 is 5.97 Å². The molecule has 0 aliphatic heterocycles. The zero-order valence-electron chi connectivity index (χ0n) is 15.0. The van der Waals surface area contributed by atoms with Crippen LogP contribution in [0.2, 0.25) is 0 Å². The number of rotatable bonds is 4. The van der Waals surface area contributed by atoms with Crippen molar-refractivity contribution in [2.45, 2.75) is 81.1 Å². The van der Waals surface area contributed by atoms with E-state index in [1.807, 2.05) is 31.2 Å². The van der Waals surface area contributed by atoms with Crippen molar-refractivity contribution in [3.8, 4) is 0 Å². The molecule has 0 aromatic heterocycles. The first-order chi connectivity index (χ1) is 11.1. The van der Waals surface area contributed by atoms with Gasteiger partial charge in [-0.05, 0) is 52.7 Å². The Kier molecular flexibility index (Phi) is 5.87. The molecule has 0 bridgehead atoms. The highest BCUT2D eigenvalue weighted by Crippen LogP contribution is 2.37. The summed E-state index contributed by atoms with van der Waals surface area (Å²) in [5, 5.41) is 10.6. The third-order valence-corrected chi connectivity index (χ3v) is 6.24. The molecule has 1 aromatic rings. The van der Waals surface area contributed by atoms with Crippen molar-refractivity contribution in [2.75, 3.05) is 0 Å². The summed E-state index contributed by atoms with van der Waals surface area (Å²) < 4.78 is 18.3. The summed E-state index contributed by atoms with van der Waals surface area (Å²) in [5.74, 6) is -0.433. The number of ether oxygens (including phenoxy) is 1. The van der Waals surface area contributed by atoms with Crippen molar-refractivity contribution < 1.29 is 18.8 Å². The molecule has 1 aromatic carbocycles. The summed E-state index contributed by atoms with van der Waals surface area (Å²) in [6.07, 6.45) is 2.78. The van der Waals surface area contributed by atoms with Crippen LogP contribution in [0.3, 0.4) is 0 Å². The van der Waals surface area contributed by atoms with Crippen molar-refractivity contribution in [2.24, 2.45) is 0 Å². The number of carbonyl (C=O) groups excluding carboxylic acids is 1. The Labute approximate surface area is 147 Å². The van der Waals surface area contributed by atoms with Crippen LogP contribution < -0.4 is 0 Å². The van der Waals surface area contributed by atoms with Crippen molar-refractivity contribution in [1.82, 2.24) is 0 Å². The van der Waals surface area contributed by atoms with E-state index in [4.69, 9.17) is 4.74 Å². The highest BCUT2D eigenvalue weighted by Gasteiger charge is 2.45. The first-order valence-electron chi connectivity index (χ1n) is 8.52. The predicted octanol–water partition coefficient (Wildman–Crippen LogP) is 3.51. The molecule has 0 radical (unpaired) electrons. The van der Waals surface area contributed by atoms with Gasteiger partial charge in [0.25, 0.3) is 0 Å². The van der Waals surface area contributed by atoms with Gasteiger partial charge in [0.15, 0.2) is 0 Å². The summed E-state index contributed by atoms with van der Waals surface area (Å²) in [6, 6.07) is 7.52. The third-order valence-electron chi connectivity index (χ3n) is 4.31. The van der Waals surface area contributed by atoms with Crippen LogP contribution in [0.4, 0.5) is 0 Å². The van der Waals surface area contributed by atoms with Gasteiger partial charge in [0.05, 0.1) is 28.1 Å². The fraction of sp³-hybridized carbons (Fsp3) is 0.632. The fourth-order valence-electron chi connectivity index (χ4n) is 3.16. The maximum absolute atomic E-state index is 13.0. The Hall–Kier alpha value is -1.20. The highest BCUT2D eigenvalue weighted by atomic mass is 32.2. The molecule has 1 fully saturated rings. The highest BCUT2D eigenvalue weighted by molar-refractivity contribution is 7.85. The van der Waals surface area contributed by atoms with E-state index in [0.717, 1.165) is 18.4 Å². The monoisotopic (exact) mass is 352 g/mol. The fourth-order valence-corrected chi connectivity index (χ4v) is 4.88. The summed E-state index contributed by atoms with van der Waals surface area (Å²) >= 11 is 0. The van der Waals surface area contributed by atoms with Crippen LogP contribution in [0.25, 0.3) is 0 Å². The largest absolute Gasteiger partial charge is 0.460 e. The van der Waals surface area contributed by atoms with Gasteiger partial charge in [-0.15, -0.1) is 0 Å². The van der Waals surface area contributed by atoms with Gasteiger partial charge in [-0.3, -0.25) is 9.00 Å². The van der Waals surface area contributed by atoms with Gasteiger partial charge in [0.1, 0.15) is 5.60 Å². The molecule has 0 amide bonds. The van der Waals surface area contributed by atoms with Crippen LogP contribution in [-0.4, -0.2) is 31.7 Å². The SMILES string of the molecule is Cc1ccc([S@](=O)[C@H]2CCCC[C@@]2(O)CC(=O)OC(C)(C)C)cc1. The van der Waals surface area contributed by atoms with E-state index in [1.54, 1.807) is 20.8 Å². The average Bonchev–Trinajstić information content (AvgIpc) is 2.45. The molecule has 1 aliphatic carbocycles. The van der Waals surface area contributed by atoms with Crippen molar-refractivity contribution in [3.63, 3.8) is 0 Å². The second kappa shape index (κ2) is 7.36. The molecule has 1 saturated carbocycles. The molecule has 1 N–H and O–H groups in total. The van der Waals surface area contributed by atoms with Crippen LogP contribution in [0.1, 0.15) is 58.4 Å². The van der Waals surface area contributed by atoms with Gasteiger partial charge in [0, 0.05) is 4.90 Å². The van der Waals surface area contributed by atoms with Crippen LogP contribution in [-0.2, 0) is 20.3 Å². The molecule has 134 valence electrons. The van der Waals surface area contributed by atoms with E-state index >= 15 is 0 Å². The average molecular weight is 352 g/mol. The van der Waals surface area contributed by atoms with Gasteiger partial charge in [0.2, 0.25) is 0 Å². The molecule has 1 aliphatic rings. The Morgan fingerprint density at radius 3 is 2.50 bits per heavy atom. The normalized spacial score (nSPS) is 26.0. The lowest BCUT2D eigenvalue weighted by Gasteiger charge is -2.39. The lowest BCUT2D eigenvalue weighted by atomic mass is 9.82.